The first kappa shape index (κ1) is 27.4. The van der Waals surface area contributed by atoms with Gasteiger partial charge in [-0.1, -0.05) is 65.7 Å². The van der Waals surface area contributed by atoms with Gasteiger partial charge in [-0.05, 0) is 48.6 Å². The van der Waals surface area contributed by atoms with E-state index in [0.29, 0.717) is 34.0 Å². The summed E-state index contributed by atoms with van der Waals surface area (Å²) in [4.78, 5) is 58.7. The van der Waals surface area contributed by atoms with Gasteiger partial charge in [0.2, 0.25) is 23.6 Å². The molecule has 218 valence electrons. The number of likely N-dealkylation sites (tertiary alicyclic amines) is 1. The predicted molar refractivity (Wildman–Crippen MR) is 159 cm³/mol. The van der Waals surface area contributed by atoms with Gasteiger partial charge >= 0.3 is 0 Å². The summed E-state index contributed by atoms with van der Waals surface area (Å²) in [5.74, 6) is -4.36. The minimum Gasteiger partial charge on any atom is -0.508 e. The van der Waals surface area contributed by atoms with Gasteiger partial charge in [0.25, 0.3) is 0 Å². The Hall–Kier alpha value is -4.43. The molecule has 3 fully saturated rings. The van der Waals surface area contributed by atoms with Crippen LogP contribution in [-0.2, 0) is 24.6 Å². The first-order valence-electron chi connectivity index (χ1n) is 14.3. The molecule has 7 rings (SSSR count). The van der Waals surface area contributed by atoms with Crippen LogP contribution in [0, 0.1) is 23.7 Å². The number of phenols is 1. The third-order valence-corrected chi connectivity index (χ3v) is 10.2. The van der Waals surface area contributed by atoms with Crippen LogP contribution in [0.3, 0.4) is 0 Å². The Morgan fingerprint density at radius 2 is 1.67 bits per heavy atom. The highest BCUT2D eigenvalue weighted by Crippen LogP contribution is 2.65. The number of allylic oxidation sites excluding steroid dienone is 2. The fraction of sp³-hybridized carbons (Fsp3) is 0.294. The number of fused-ring (bicyclic) bond motifs is 4. The van der Waals surface area contributed by atoms with Gasteiger partial charge in [0.1, 0.15) is 11.5 Å². The van der Waals surface area contributed by atoms with Crippen LogP contribution in [0.2, 0.25) is 5.02 Å². The van der Waals surface area contributed by atoms with Crippen molar-refractivity contribution in [3.63, 3.8) is 0 Å². The van der Waals surface area contributed by atoms with E-state index < -0.39 is 46.8 Å². The standard InChI is InChI=1S/C34H29ClN2O6/c1-36-30(39)24-14-13-22-25(28(24)32(36)41)17-26-31(40)37(20-10-6-9-19(35)15-20)33(42)34(26,18-7-4-3-5-8-18)29(22)23-12-11-21(43-2)16-27(23)38/h3-13,15-16,24-26,28-29,38H,14,17H2,1-2H3/t24-,25+,26-,28-,29+,34+/m0/s1. The van der Waals surface area contributed by atoms with Crippen molar-refractivity contribution in [1.82, 2.24) is 4.90 Å². The van der Waals surface area contributed by atoms with Gasteiger partial charge in [0.15, 0.2) is 0 Å². The molecule has 2 saturated heterocycles. The number of amides is 4. The second-order valence-electron chi connectivity index (χ2n) is 11.8. The minimum absolute atomic E-state index is 0.0884. The number of carbonyl (C=O) groups is 4. The van der Waals surface area contributed by atoms with Crippen LogP contribution in [0.15, 0.2) is 84.4 Å². The second kappa shape index (κ2) is 9.81. The largest absolute Gasteiger partial charge is 0.508 e. The lowest BCUT2D eigenvalue weighted by atomic mass is 9.49. The van der Waals surface area contributed by atoms with E-state index in [4.69, 9.17) is 16.3 Å². The molecule has 0 unspecified atom stereocenters. The van der Waals surface area contributed by atoms with Crippen LogP contribution in [-0.4, -0.2) is 47.8 Å². The highest BCUT2D eigenvalue weighted by molar-refractivity contribution is 6.32. The number of halogens is 1. The summed E-state index contributed by atoms with van der Waals surface area (Å²) in [5, 5.41) is 11.9. The Labute approximate surface area is 253 Å². The van der Waals surface area contributed by atoms with Crippen molar-refractivity contribution in [2.75, 3.05) is 19.1 Å². The van der Waals surface area contributed by atoms with Crippen LogP contribution in [0.5, 0.6) is 11.5 Å². The number of phenolic OH excluding ortho intramolecular Hbond substituents is 1. The molecule has 0 aromatic heterocycles. The summed E-state index contributed by atoms with van der Waals surface area (Å²) < 4.78 is 5.36. The molecule has 1 saturated carbocycles. The molecular formula is C34H29ClN2O6. The third kappa shape index (κ3) is 3.69. The van der Waals surface area contributed by atoms with E-state index >= 15 is 4.79 Å². The fourth-order valence-corrected chi connectivity index (χ4v) is 8.32. The van der Waals surface area contributed by atoms with E-state index in [-0.39, 0.29) is 24.0 Å². The summed E-state index contributed by atoms with van der Waals surface area (Å²) in [6.45, 7) is 0. The number of methoxy groups -OCH3 is 1. The van der Waals surface area contributed by atoms with Crippen molar-refractivity contribution in [3.8, 4) is 11.5 Å². The average molecular weight is 597 g/mol. The maximum atomic E-state index is 15.1. The van der Waals surface area contributed by atoms with Crippen LogP contribution >= 0.6 is 11.6 Å². The van der Waals surface area contributed by atoms with E-state index in [1.165, 1.54) is 30.0 Å². The van der Waals surface area contributed by atoms with Crippen molar-refractivity contribution in [2.45, 2.75) is 24.2 Å². The number of ether oxygens (including phenoxy) is 1. The molecule has 9 heteroatoms. The zero-order valence-electron chi connectivity index (χ0n) is 23.6. The van der Waals surface area contributed by atoms with E-state index in [1.54, 1.807) is 36.4 Å². The Bertz CT molecular complexity index is 1740. The molecule has 0 spiro atoms. The monoisotopic (exact) mass is 596 g/mol. The molecule has 0 bridgehead atoms. The average Bonchev–Trinajstić information content (AvgIpc) is 3.38. The number of anilines is 1. The molecule has 6 atom stereocenters. The molecule has 3 aromatic rings. The lowest BCUT2D eigenvalue weighted by Crippen LogP contribution is -2.53. The molecule has 4 aliphatic rings. The van der Waals surface area contributed by atoms with E-state index in [0.717, 1.165) is 5.57 Å². The molecule has 2 aliphatic heterocycles. The maximum absolute atomic E-state index is 15.1. The van der Waals surface area contributed by atoms with Gasteiger partial charge in [-0.3, -0.25) is 24.1 Å². The lowest BCUT2D eigenvalue weighted by Gasteiger charge is -2.50. The molecule has 1 N–H and O–H groups in total. The predicted octanol–water partition coefficient (Wildman–Crippen LogP) is 4.85. The third-order valence-electron chi connectivity index (χ3n) is 9.94. The maximum Gasteiger partial charge on any atom is 0.246 e. The highest BCUT2D eigenvalue weighted by Gasteiger charge is 2.70. The summed E-state index contributed by atoms with van der Waals surface area (Å²) in [6.07, 6.45) is 2.49. The zero-order chi connectivity index (χ0) is 30.2. The first-order valence-corrected chi connectivity index (χ1v) is 14.7. The van der Waals surface area contributed by atoms with Gasteiger partial charge in [-0.25, -0.2) is 4.90 Å². The van der Waals surface area contributed by atoms with Crippen LogP contribution < -0.4 is 9.64 Å². The first-order chi connectivity index (χ1) is 20.7. The summed E-state index contributed by atoms with van der Waals surface area (Å²) >= 11 is 6.32. The van der Waals surface area contributed by atoms with Crippen LogP contribution in [0.4, 0.5) is 5.69 Å². The fourth-order valence-electron chi connectivity index (χ4n) is 8.14. The second-order valence-corrected chi connectivity index (χ2v) is 12.2. The molecular weight excluding hydrogens is 568 g/mol. The van der Waals surface area contributed by atoms with E-state index in [9.17, 15) is 19.5 Å². The molecule has 2 heterocycles. The Morgan fingerprint density at radius 1 is 0.907 bits per heavy atom. The normalized spacial score (nSPS) is 29.7. The van der Waals surface area contributed by atoms with Crippen molar-refractivity contribution in [1.29, 1.82) is 0 Å². The van der Waals surface area contributed by atoms with Crippen LogP contribution in [0.1, 0.15) is 29.9 Å². The SMILES string of the molecule is COc1ccc([C@H]2C3=CC[C@@H]4C(=O)N(C)C(=O)[C@@H]4[C@@H]3C[C@H]3C(=O)N(c4cccc(Cl)c4)C(=O)[C@@]23c2ccccc2)c(O)c1. The Kier molecular flexibility index (Phi) is 6.25. The van der Waals surface area contributed by atoms with Crippen molar-refractivity contribution < 1.29 is 29.0 Å². The quantitative estimate of drug-likeness (QED) is 0.341. The van der Waals surface area contributed by atoms with E-state index in [2.05, 4.69) is 0 Å². The highest BCUT2D eigenvalue weighted by atomic mass is 35.5. The molecule has 4 amide bonds. The molecule has 8 nitrogen and oxygen atoms in total. The number of carbonyl (C=O) groups excluding carboxylic acids is 4. The Morgan fingerprint density at radius 3 is 2.37 bits per heavy atom. The zero-order valence-corrected chi connectivity index (χ0v) is 24.3. The van der Waals surface area contributed by atoms with Gasteiger partial charge in [0.05, 0.1) is 36.0 Å². The minimum atomic E-state index is -1.44. The lowest BCUT2D eigenvalue weighted by molar-refractivity contribution is -0.138. The molecule has 2 aliphatic carbocycles. The van der Waals surface area contributed by atoms with Gasteiger partial charge in [-0.2, -0.15) is 0 Å². The summed E-state index contributed by atoms with van der Waals surface area (Å²) in [5.41, 5.74) is 0.775. The molecule has 43 heavy (non-hydrogen) atoms. The van der Waals surface area contributed by atoms with Crippen molar-refractivity contribution >= 4 is 40.9 Å². The number of hydrogen-bond acceptors (Lipinski definition) is 6. The van der Waals surface area contributed by atoms with E-state index in [1.807, 2.05) is 36.4 Å². The number of imide groups is 2. The summed E-state index contributed by atoms with van der Waals surface area (Å²) in [6, 6.07) is 20.8. The van der Waals surface area contributed by atoms with Crippen LogP contribution in [0.25, 0.3) is 0 Å². The topological polar surface area (TPSA) is 104 Å². The smallest absolute Gasteiger partial charge is 0.246 e. The number of hydrogen-bond donors (Lipinski definition) is 1. The number of benzene rings is 3. The number of aromatic hydroxyl groups is 1. The Balaban J connectivity index is 1.53. The summed E-state index contributed by atoms with van der Waals surface area (Å²) in [7, 11) is 3.00. The van der Waals surface area contributed by atoms with Crippen molar-refractivity contribution in [2.24, 2.45) is 23.7 Å². The number of nitrogens with zero attached hydrogens (tertiary/aromatic N) is 2. The van der Waals surface area contributed by atoms with Gasteiger partial charge < -0.3 is 9.84 Å². The number of rotatable bonds is 4. The van der Waals surface area contributed by atoms with Crippen molar-refractivity contribution in [3.05, 3.63) is 101 Å². The van der Waals surface area contributed by atoms with Gasteiger partial charge in [0, 0.05) is 29.6 Å². The molecule has 0 radical (unpaired) electrons. The van der Waals surface area contributed by atoms with Gasteiger partial charge in [-0.15, -0.1) is 0 Å². The molecule has 3 aromatic carbocycles.